The minimum Gasteiger partial charge on any atom is -0.314 e. The van der Waals surface area contributed by atoms with Crippen LogP contribution in [0.15, 0.2) is 0 Å². The maximum atomic E-state index is 3.68. The molecule has 0 saturated heterocycles. The van der Waals surface area contributed by atoms with Crippen LogP contribution in [0.4, 0.5) is 0 Å². The van der Waals surface area contributed by atoms with E-state index in [9.17, 15) is 0 Å². The summed E-state index contributed by atoms with van der Waals surface area (Å²) in [5.41, 5.74) is 0. The van der Waals surface area contributed by atoms with E-state index in [1.807, 2.05) is 0 Å². The van der Waals surface area contributed by atoms with Crippen LogP contribution >= 0.6 is 0 Å². The molecule has 1 atom stereocenters. The van der Waals surface area contributed by atoms with Crippen molar-refractivity contribution < 1.29 is 0 Å². The molecule has 1 fully saturated rings. The van der Waals surface area contributed by atoms with Crippen molar-refractivity contribution in [3.63, 3.8) is 0 Å². The third-order valence-corrected chi connectivity index (χ3v) is 4.11. The Kier molecular flexibility index (Phi) is 6.31. The van der Waals surface area contributed by atoms with E-state index in [-0.39, 0.29) is 0 Å². The van der Waals surface area contributed by atoms with Crippen LogP contribution in [0.25, 0.3) is 0 Å². The highest BCUT2D eigenvalue weighted by Gasteiger charge is 2.22. The molecule has 0 radical (unpaired) electrons. The smallest absolute Gasteiger partial charge is 0.00722 e. The van der Waals surface area contributed by atoms with Crippen LogP contribution in [0.5, 0.6) is 0 Å². The standard InChI is InChI=1S/C14H29N/c1-4-12(5-2)10-14(15-6-3)11-13-8-7-9-13/h12-15H,4-11H2,1-3H3. The second-order valence-electron chi connectivity index (χ2n) is 5.21. The summed E-state index contributed by atoms with van der Waals surface area (Å²) < 4.78 is 0. The molecule has 0 spiro atoms. The Bertz CT molecular complexity index is 147. The number of rotatable bonds is 8. The molecule has 0 aromatic heterocycles. The summed E-state index contributed by atoms with van der Waals surface area (Å²) in [6, 6.07) is 0.796. The van der Waals surface area contributed by atoms with E-state index < -0.39 is 0 Å². The van der Waals surface area contributed by atoms with Crippen LogP contribution in [0.1, 0.15) is 65.7 Å². The van der Waals surface area contributed by atoms with E-state index in [1.54, 1.807) is 0 Å². The van der Waals surface area contributed by atoms with Gasteiger partial charge >= 0.3 is 0 Å². The number of hydrogen-bond acceptors (Lipinski definition) is 1. The number of nitrogens with one attached hydrogen (secondary N) is 1. The number of hydrogen-bond donors (Lipinski definition) is 1. The third-order valence-electron chi connectivity index (χ3n) is 4.11. The Morgan fingerprint density at radius 1 is 1.13 bits per heavy atom. The van der Waals surface area contributed by atoms with E-state index in [0.29, 0.717) is 0 Å². The molecule has 0 aromatic rings. The van der Waals surface area contributed by atoms with Crippen molar-refractivity contribution in [3.8, 4) is 0 Å². The van der Waals surface area contributed by atoms with E-state index in [1.165, 1.54) is 44.9 Å². The average Bonchev–Trinajstić information content (AvgIpc) is 2.19. The minimum absolute atomic E-state index is 0.796. The Labute approximate surface area is 96.0 Å². The van der Waals surface area contributed by atoms with Crippen molar-refractivity contribution in [3.05, 3.63) is 0 Å². The Morgan fingerprint density at radius 2 is 1.80 bits per heavy atom. The van der Waals surface area contributed by atoms with Crippen molar-refractivity contribution in [2.24, 2.45) is 11.8 Å². The maximum absolute atomic E-state index is 3.68. The highest BCUT2D eigenvalue weighted by molar-refractivity contribution is 4.78. The van der Waals surface area contributed by atoms with Gasteiger partial charge in [-0.2, -0.15) is 0 Å². The minimum atomic E-state index is 0.796. The zero-order valence-electron chi connectivity index (χ0n) is 10.9. The van der Waals surface area contributed by atoms with Gasteiger partial charge in [-0.1, -0.05) is 52.9 Å². The normalized spacial score (nSPS) is 19.2. The zero-order valence-corrected chi connectivity index (χ0v) is 10.9. The summed E-state index contributed by atoms with van der Waals surface area (Å²) in [5.74, 6) is 1.98. The lowest BCUT2D eigenvalue weighted by atomic mass is 9.79. The largest absolute Gasteiger partial charge is 0.314 e. The monoisotopic (exact) mass is 211 g/mol. The highest BCUT2D eigenvalue weighted by atomic mass is 14.9. The summed E-state index contributed by atoms with van der Waals surface area (Å²) in [7, 11) is 0. The van der Waals surface area contributed by atoms with Gasteiger partial charge < -0.3 is 5.32 Å². The van der Waals surface area contributed by atoms with Gasteiger partial charge in [-0.05, 0) is 31.2 Å². The summed E-state index contributed by atoms with van der Waals surface area (Å²) in [6.07, 6.45) is 10.00. The SMILES string of the molecule is CCNC(CC(CC)CC)CC1CCC1. The molecular formula is C14H29N. The third kappa shape index (κ3) is 4.55. The first-order valence-corrected chi connectivity index (χ1v) is 7.03. The first-order valence-electron chi connectivity index (χ1n) is 7.03. The Morgan fingerprint density at radius 3 is 2.20 bits per heavy atom. The van der Waals surface area contributed by atoms with Gasteiger partial charge in [0.1, 0.15) is 0 Å². The highest BCUT2D eigenvalue weighted by Crippen LogP contribution is 2.32. The van der Waals surface area contributed by atoms with Crippen LogP contribution in [-0.2, 0) is 0 Å². The molecule has 1 aliphatic rings. The fourth-order valence-electron chi connectivity index (χ4n) is 2.71. The molecule has 90 valence electrons. The lowest BCUT2D eigenvalue weighted by Gasteiger charge is -2.31. The molecule has 1 unspecified atom stereocenters. The molecule has 0 aliphatic heterocycles. The zero-order chi connectivity index (χ0) is 11.1. The van der Waals surface area contributed by atoms with Gasteiger partial charge in [0.2, 0.25) is 0 Å². The summed E-state index contributed by atoms with van der Waals surface area (Å²) in [4.78, 5) is 0. The molecule has 1 heteroatoms. The van der Waals surface area contributed by atoms with Gasteiger partial charge in [0, 0.05) is 6.04 Å². The average molecular weight is 211 g/mol. The maximum Gasteiger partial charge on any atom is 0.00722 e. The summed E-state index contributed by atoms with van der Waals surface area (Å²) >= 11 is 0. The molecule has 1 rings (SSSR count). The van der Waals surface area contributed by atoms with Crippen LogP contribution in [0.2, 0.25) is 0 Å². The second-order valence-corrected chi connectivity index (χ2v) is 5.21. The quantitative estimate of drug-likeness (QED) is 0.640. The molecule has 1 nitrogen and oxygen atoms in total. The molecule has 1 N–H and O–H groups in total. The second kappa shape index (κ2) is 7.27. The van der Waals surface area contributed by atoms with Gasteiger partial charge in [0.25, 0.3) is 0 Å². The molecule has 15 heavy (non-hydrogen) atoms. The van der Waals surface area contributed by atoms with Gasteiger partial charge in [-0.25, -0.2) is 0 Å². The van der Waals surface area contributed by atoms with Crippen LogP contribution in [-0.4, -0.2) is 12.6 Å². The molecule has 0 amide bonds. The Hall–Kier alpha value is -0.0400. The fraction of sp³-hybridized carbons (Fsp3) is 1.00. The summed E-state index contributed by atoms with van der Waals surface area (Å²) in [5, 5.41) is 3.68. The van der Waals surface area contributed by atoms with Crippen molar-refractivity contribution in [2.45, 2.75) is 71.8 Å². The van der Waals surface area contributed by atoms with Crippen molar-refractivity contribution in [2.75, 3.05) is 6.54 Å². The molecule has 0 bridgehead atoms. The van der Waals surface area contributed by atoms with E-state index in [2.05, 4.69) is 26.1 Å². The topological polar surface area (TPSA) is 12.0 Å². The van der Waals surface area contributed by atoms with Gasteiger partial charge in [-0.3, -0.25) is 0 Å². The van der Waals surface area contributed by atoms with Gasteiger partial charge in [-0.15, -0.1) is 0 Å². The lowest BCUT2D eigenvalue weighted by molar-refractivity contribution is 0.238. The van der Waals surface area contributed by atoms with Crippen LogP contribution < -0.4 is 5.32 Å². The van der Waals surface area contributed by atoms with Gasteiger partial charge in [0.15, 0.2) is 0 Å². The molecule has 1 aliphatic carbocycles. The molecule has 0 heterocycles. The van der Waals surface area contributed by atoms with E-state index in [0.717, 1.165) is 24.4 Å². The van der Waals surface area contributed by atoms with Crippen LogP contribution in [0.3, 0.4) is 0 Å². The van der Waals surface area contributed by atoms with Crippen molar-refractivity contribution in [1.29, 1.82) is 0 Å². The first-order chi connectivity index (χ1) is 7.30. The lowest BCUT2D eigenvalue weighted by Crippen LogP contribution is -2.34. The van der Waals surface area contributed by atoms with Crippen LogP contribution in [0, 0.1) is 11.8 Å². The Balaban J connectivity index is 2.27. The van der Waals surface area contributed by atoms with Crippen molar-refractivity contribution >= 4 is 0 Å². The molecule has 0 aromatic carbocycles. The predicted molar refractivity (Wildman–Crippen MR) is 68.1 cm³/mol. The van der Waals surface area contributed by atoms with E-state index in [4.69, 9.17) is 0 Å². The molecular weight excluding hydrogens is 182 g/mol. The van der Waals surface area contributed by atoms with E-state index >= 15 is 0 Å². The summed E-state index contributed by atoms with van der Waals surface area (Å²) in [6.45, 7) is 8.04. The fourth-order valence-corrected chi connectivity index (χ4v) is 2.71. The predicted octanol–water partition coefficient (Wildman–Crippen LogP) is 3.98. The van der Waals surface area contributed by atoms with Crippen molar-refractivity contribution in [1.82, 2.24) is 5.32 Å². The van der Waals surface area contributed by atoms with Gasteiger partial charge in [0.05, 0.1) is 0 Å². The molecule has 1 saturated carbocycles. The first kappa shape index (κ1) is 13.0.